The van der Waals surface area contributed by atoms with E-state index in [-0.39, 0.29) is 48.6 Å². The van der Waals surface area contributed by atoms with Gasteiger partial charge in [-0.2, -0.15) is 0 Å². The molecule has 2 N–H and O–H groups in total. The number of rotatable bonds is 15. The molecule has 0 bridgehead atoms. The van der Waals surface area contributed by atoms with Gasteiger partial charge in [0.1, 0.15) is 36.4 Å². The normalized spacial score (nSPS) is 37.4. The Balaban J connectivity index is 0.000000169. The summed E-state index contributed by atoms with van der Waals surface area (Å²) in [6, 6.07) is 3.08. The minimum atomic E-state index is -1.21. The number of ketones is 3. The Bertz CT molecular complexity index is 3810. The topological polar surface area (TPSA) is 372 Å². The van der Waals surface area contributed by atoms with Gasteiger partial charge in [0.25, 0.3) is 0 Å². The van der Waals surface area contributed by atoms with E-state index in [1.54, 1.807) is 58.1 Å². The lowest BCUT2D eigenvalue weighted by Crippen LogP contribution is -2.65. The van der Waals surface area contributed by atoms with Crippen LogP contribution in [0.25, 0.3) is 0 Å². The Hall–Kier alpha value is -8.53. The van der Waals surface area contributed by atoms with E-state index in [0.717, 1.165) is 11.1 Å². The van der Waals surface area contributed by atoms with Crippen LogP contribution in [-0.2, 0) is 105 Å². The number of Topliss-reactive ketones (excluding diaryl/α,β-unsaturated/α-hetero) is 3. The van der Waals surface area contributed by atoms with Gasteiger partial charge in [-0.3, -0.25) is 62.4 Å². The number of methoxy groups -OCH3 is 3. The van der Waals surface area contributed by atoms with Crippen molar-refractivity contribution in [1.82, 2.24) is 15.5 Å². The number of carbonyl (C=O) groups excluding carboxylic acids is 13. The number of likely N-dealkylation sites (N-methyl/N-ethyl adjacent to an activating group) is 2. The van der Waals surface area contributed by atoms with Gasteiger partial charge < -0.3 is 66.5 Å². The molecule has 3 aromatic rings. The van der Waals surface area contributed by atoms with E-state index in [2.05, 4.69) is 10.6 Å². The van der Waals surface area contributed by atoms with Crippen molar-refractivity contribution in [2.24, 2.45) is 85.8 Å². The lowest BCUT2D eigenvalue weighted by Gasteiger charge is -2.61. The zero-order valence-electron chi connectivity index (χ0n) is 62.7. The first-order chi connectivity index (χ1) is 49.4. The number of esters is 9. The minimum absolute atomic E-state index is 0.0204. The predicted octanol–water partition coefficient (Wildman–Crippen LogP) is 8.02. The first kappa shape index (κ1) is 79.0. The number of furan rings is 3. The summed E-state index contributed by atoms with van der Waals surface area (Å²) in [5.41, 5.74) is -2.62. The van der Waals surface area contributed by atoms with E-state index in [1.165, 1.54) is 72.8 Å². The highest BCUT2D eigenvalue weighted by molar-refractivity contribution is 5.96. The largest absolute Gasteiger partial charge is 0.472 e. The molecule has 3 aromatic heterocycles. The zero-order chi connectivity index (χ0) is 77.0. The Morgan fingerprint density at radius 3 is 1.02 bits per heavy atom. The Kier molecular flexibility index (Phi) is 22.9. The first-order valence-corrected chi connectivity index (χ1v) is 36.2. The van der Waals surface area contributed by atoms with Crippen LogP contribution in [0, 0.1) is 85.8 Å². The lowest BCUT2D eigenvalue weighted by atomic mass is 9.43. The lowest BCUT2D eigenvalue weighted by molar-refractivity contribution is -0.212. The highest BCUT2D eigenvalue weighted by Crippen LogP contribution is 2.69. The van der Waals surface area contributed by atoms with Crippen molar-refractivity contribution in [3.63, 3.8) is 0 Å². The number of nitrogens with zero attached hydrogens (tertiary/aromatic N) is 1. The van der Waals surface area contributed by atoms with Gasteiger partial charge in [-0.05, 0) is 150 Å². The minimum Gasteiger partial charge on any atom is -0.472 e. The van der Waals surface area contributed by atoms with Crippen molar-refractivity contribution in [3.8, 4) is 0 Å². The maximum atomic E-state index is 14.1. The van der Waals surface area contributed by atoms with Crippen molar-refractivity contribution < 1.29 is 118 Å². The molecule has 0 radical (unpaired) electrons. The van der Waals surface area contributed by atoms with Crippen molar-refractivity contribution in [1.29, 1.82) is 0 Å². The fraction of sp³-hybridized carbons (Fsp3) is 0.675. The van der Waals surface area contributed by atoms with Crippen LogP contribution in [0.5, 0.6) is 0 Å². The molecule has 3 aliphatic heterocycles. The van der Waals surface area contributed by atoms with E-state index in [0.29, 0.717) is 63.4 Å². The van der Waals surface area contributed by atoms with E-state index >= 15 is 0 Å². The fourth-order valence-corrected chi connectivity index (χ4v) is 20.2. The molecule has 0 aromatic carbocycles. The van der Waals surface area contributed by atoms with Crippen LogP contribution in [0.2, 0.25) is 0 Å². The van der Waals surface area contributed by atoms with Gasteiger partial charge in [-0.15, -0.1) is 0 Å². The molecule has 9 fully saturated rings. The summed E-state index contributed by atoms with van der Waals surface area (Å²) in [4.78, 5) is 172. The first-order valence-electron chi connectivity index (χ1n) is 36.2. The van der Waals surface area contributed by atoms with Crippen molar-refractivity contribution >= 4 is 77.0 Å². The molecule has 574 valence electrons. The van der Waals surface area contributed by atoms with Crippen LogP contribution in [-0.4, -0.2) is 161 Å². The Morgan fingerprint density at radius 2 is 0.762 bits per heavy atom. The summed E-state index contributed by atoms with van der Waals surface area (Å²) in [7, 11) is 9.06. The molecule has 6 saturated carbocycles. The monoisotopic (exact) mass is 1470 g/mol. The second-order valence-corrected chi connectivity index (χ2v) is 32.2. The quantitative estimate of drug-likeness (QED) is 0.107. The van der Waals surface area contributed by atoms with E-state index in [4.69, 9.17) is 55.9 Å². The third-order valence-corrected chi connectivity index (χ3v) is 26.0. The third kappa shape index (κ3) is 14.3. The maximum absolute atomic E-state index is 14.1. The van der Waals surface area contributed by atoms with Gasteiger partial charge in [0.05, 0.1) is 94.4 Å². The number of ether oxygens (including phenoxy) is 9. The van der Waals surface area contributed by atoms with Gasteiger partial charge in [0, 0.05) is 60.6 Å². The summed E-state index contributed by atoms with van der Waals surface area (Å²) in [6.45, 7) is 17.6. The van der Waals surface area contributed by atoms with Crippen LogP contribution < -0.4 is 10.6 Å². The summed E-state index contributed by atoms with van der Waals surface area (Å²) >= 11 is 0. The van der Waals surface area contributed by atoms with Crippen LogP contribution in [0.15, 0.2) is 69.0 Å². The molecule has 3 saturated heterocycles. The summed E-state index contributed by atoms with van der Waals surface area (Å²) in [5, 5.41) is 5.26. The standard InChI is InChI=1S/C26H33NO9.C26H35NO8.C25H33NO8/c1-13(27-14(2)28)22(30)35-18-10-17(23(31)33-5)25(3)8-6-16-24(32)36-19(15-7-9-34-12-15)11-26(16,4)21(25)20(18)29;1-14(27(4)5)22(29)34-18-11-17(23(30)32-6)25(2)9-7-16-24(31)35-19(15-8-10-33-13-15)12-26(16,3)21(25)20(18)28;1-13(26-4)21(28)33-17-10-16(22(29)31-5)24(2)8-6-15-23(30)34-18(14-7-9-32-12-14)11-25(15,3)20(24)19(17)27/h7,9,12-13,16-19,21H,6,8,10-11H2,1-5H3,(H,27,28);8,10,13-14,16-19,21H,7,9,11-12H2,1-6H3;7,9,12-13,15-18,20,26H,6,8,10-11H2,1-5H3/t13-,16-,17-,18-,19-,21?,25-,26-;14-,16-,17-,18-,19-,21?,25-,26-;13-,15-,16-,17-,18-,20?,24-,25-/m000/s1. The second kappa shape index (κ2) is 30.4. The number of hydrogen-bond acceptors (Lipinski definition) is 27. The number of nitrogens with one attached hydrogen (secondary N) is 2. The molecule has 9 aliphatic rings. The molecular formula is C77H101N3O25. The highest BCUT2D eigenvalue weighted by Gasteiger charge is 2.72. The molecule has 6 aliphatic carbocycles. The molecular weight excluding hydrogens is 1370 g/mol. The van der Waals surface area contributed by atoms with Crippen molar-refractivity contribution in [2.45, 2.75) is 201 Å². The maximum Gasteiger partial charge on any atom is 0.329 e. The average Bonchev–Trinajstić information content (AvgIpc) is 1.11. The van der Waals surface area contributed by atoms with Crippen molar-refractivity contribution in [3.05, 3.63) is 72.5 Å². The number of amides is 1. The van der Waals surface area contributed by atoms with E-state index in [9.17, 15) is 62.3 Å². The van der Waals surface area contributed by atoms with Crippen molar-refractivity contribution in [2.75, 3.05) is 42.5 Å². The van der Waals surface area contributed by atoms with Gasteiger partial charge in [-0.1, -0.05) is 41.5 Å². The molecule has 24 atom stereocenters. The van der Waals surface area contributed by atoms with Gasteiger partial charge >= 0.3 is 53.7 Å². The molecule has 0 spiro atoms. The summed E-state index contributed by atoms with van der Waals surface area (Å²) in [6.07, 6.45) is 8.14. The Morgan fingerprint density at radius 1 is 0.467 bits per heavy atom. The molecule has 28 nitrogen and oxygen atoms in total. The molecule has 3 unspecified atom stereocenters. The fourth-order valence-electron chi connectivity index (χ4n) is 20.2. The van der Waals surface area contributed by atoms with Crippen LogP contribution in [0.1, 0.15) is 181 Å². The highest BCUT2D eigenvalue weighted by atomic mass is 16.6. The number of carbonyl (C=O) groups is 13. The van der Waals surface area contributed by atoms with Crippen LogP contribution in [0.4, 0.5) is 0 Å². The summed E-state index contributed by atoms with van der Waals surface area (Å²) in [5.74, 6) is -11.2. The van der Waals surface area contributed by atoms with E-state index in [1.807, 2.05) is 41.5 Å². The van der Waals surface area contributed by atoms with E-state index < -0.39 is 188 Å². The van der Waals surface area contributed by atoms with Gasteiger partial charge in [0.15, 0.2) is 35.7 Å². The van der Waals surface area contributed by atoms with Gasteiger partial charge in [0.2, 0.25) is 5.91 Å². The predicted molar refractivity (Wildman–Crippen MR) is 364 cm³/mol. The molecule has 1 amide bonds. The molecule has 28 heteroatoms. The molecule has 12 rings (SSSR count). The Labute approximate surface area is 610 Å². The average molecular weight is 1470 g/mol. The number of cyclic esters (lactones) is 3. The molecule has 105 heavy (non-hydrogen) atoms. The summed E-state index contributed by atoms with van der Waals surface area (Å²) < 4.78 is 65.2. The zero-order valence-corrected chi connectivity index (χ0v) is 62.7. The third-order valence-electron chi connectivity index (χ3n) is 26.0. The van der Waals surface area contributed by atoms with Gasteiger partial charge in [-0.25, -0.2) is 4.79 Å². The second-order valence-electron chi connectivity index (χ2n) is 32.2. The van der Waals surface area contributed by atoms with Crippen LogP contribution in [0.3, 0.4) is 0 Å². The number of hydrogen-bond donors (Lipinski definition) is 2. The SMILES string of the molecule is CN[C@@H](C)C(=O)O[C@H]1C[C@@H](C(=O)OC)[C@]2(C)CC[C@H]3C(=O)O[C@H](c4ccoc4)C[C@]3(C)C2C1=O.COC(=O)[C@@H]1C[C@H](OC(=O)[C@H](C)N(C)C)C(=O)C2[C@@]1(C)CC[C@H]1C(=O)O[C@H](c3ccoc3)C[C@]21C.COC(=O)[C@@H]1C[C@H](OC(=O)[C@H](C)NC(C)=O)C(=O)C2[C@@]1(C)CC[C@H]1C(=O)O[C@H](c3ccoc3)C[C@]21C. The van der Waals surface area contributed by atoms with Crippen LogP contribution >= 0.6 is 0 Å². The number of fused-ring (bicyclic) bond motifs is 9. The smallest absolute Gasteiger partial charge is 0.329 e. The molecule has 6 heterocycles.